The van der Waals surface area contributed by atoms with Gasteiger partial charge in [-0.3, -0.25) is 19.2 Å². The Morgan fingerprint density at radius 3 is 1.38 bits per heavy atom. The van der Waals surface area contributed by atoms with Crippen molar-refractivity contribution < 1.29 is 91.7 Å². The third-order valence-corrected chi connectivity index (χ3v) is 13.3. The van der Waals surface area contributed by atoms with Crippen molar-refractivity contribution in [3.8, 4) is 0 Å². The topological polar surface area (TPSA) is 204 Å². The molecule has 0 saturated carbocycles. The number of halogens is 2. The fourth-order valence-electron chi connectivity index (χ4n) is 8.57. The van der Waals surface area contributed by atoms with Crippen molar-refractivity contribution in [2.75, 3.05) is 74.2 Å². The van der Waals surface area contributed by atoms with E-state index in [1.165, 1.54) is 58.8 Å². The Labute approximate surface area is 479 Å². The van der Waals surface area contributed by atoms with Crippen molar-refractivity contribution in [1.29, 1.82) is 0 Å². The molecule has 4 atom stereocenters. The summed E-state index contributed by atoms with van der Waals surface area (Å²) in [7, 11) is 7.47. The lowest BCUT2D eigenvalue weighted by Gasteiger charge is -2.30. The number of nitrogens with zero attached hydrogens (tertiary/aromatic N) is 2. The molecule has 0 spiro atoms. The highest BCUT2D eigenvalue weighted by Gasteiger charge is 2.28. The zero-order valence-corrected chi connectivity index (χ0v) is 50.9. The first-order valence-electron chi connectivity index (χ1n) is 29.3. The molecule has 0 aromatic carbocycles. The van der Waals surface area contributed by atoms with Crippen LogP contribution >= 0.6 is 0 Å². The number of likely N-dealkylation sites (N-methyl/N-ethyl adjacent to an activating group) is 2. The third-order valence-electron chi connectivity index (χ3n) is 13.3. The maximum atomic E-state index is 13.1. The highest BCUT2D eigenvalue weighted by Crippen LogP contribution is 2.17. The molecule has 0 aliphatic heterocycles. The van der Waals surface area contributed by atoms with Gasteiger partial charge in [0.05, 0.1) is 40.4 Å². The number of amides is 2. The van der Waals surface area contributed by atoms with Crippen LogP contribution in [0.4, 0.5) is 0 Å². The minimum Gasteiger partial charge on any atom is -1.00 e. The molecule has 0 radical (unpaired) electrons. The first-order valence-corrected chi connectivity index (χ1v) is 29.3. The summed E-state index contributed by atoms with van der Waals surface area (Å²) in [5, 5.41) is 27.5. The van der Waals surface area contributed by atoms with Gasteiger partial charge in [-0.1, -0.05) is 141 Å². The molecule has 0 fully saturated rings. The van der Waals surface area contributed by atoms with Crippen molar-refractivity contribution >= 4 is 35.7 Å². The number of quaternary nitrogens is 2. The average molecular weight is 1140 g/mol. The SMILES string of the molecule is CCCCCCCCCCCC(NC(=O)CCCCCCCC=CCC(O)COC(=O)C[N+](C)(C)CCOC(C)=O)NC(=O)CCCCCCCC=CCC(O)C(CCCCC)OC(=O)C[N+](C)(C)CCOC(C)=O.[Cl-].[Cl-]. The van der Waals surface area contributed by atoms with Crippen molar-refractivity contribution in [1.82, 2.24) is 10.6 Å². The summed E-state index contributed by atoms with van der Waals surface area (Å²) in [4.78, 5) is 73.3. The summed E-state index contributed by atoms with van der Waals surface area (Å²) in [6.07, 6.45) is 33.7. The summed E-state index contributed by atoms with van der Waals surface area (Å²) < 4.78 is 21.7. The Hall–Kier alpha value is -3.28. The summed E-state index contributed by atoms with van der Waals surface area (Å²) in [5.74, 6) is -1.53. The van der Waals surface area contributed by atoms with Crippen LogP contribution in [0.25, 0.3) is 0 Å². The highest BCUT2D eigenvalue weighted by atomic mass is 35.5. The van der Waals surface area contributed by atoms with Gasteiger partial charge in [-0.15, -0.1) is 0 Å². The average Bonchev–Trinajstić information content (AvgIpc) is 3.32. The second kappa shape index (κ2) is 50.9. The molecule has 0 aromatic heterocycles. The molecule has 4 N–H and O–H groups in total. The van der Waals surface area contributed by atoms with Crippen LogP contribution in [-0.4, -0.2) is 154 Å². The van der Waals surface area contributed by atoms with Gasteiger partial charge in [-0.2, -0.15) is 0 Å². The molecule has 0 aromatic rings. The minimum atomic E-state index is -0.786. The van der Waals surface area contributed by atoms with E-state index in [-0.39, 0.29) is 93.6 Å². The van der Waals surface area contributed by atoms with Gasteiger partial charge in [0, 0.05) is 26.7 Å². The van der Waals surface area contributed by atoms with Crippen LogP contribution in [0.1, 0.15) is 220 Å². The summed E-state index contributed by atoms with van der Waals surface area (Å²) in [5.41, 5.74) is 0. The largest absolute Gasteiger partial charge is 1.00 e. The fourth-order valence-corrected chi connectivity index (χ4v) is 8.57. The number of rotatable bonds is 50. The van der Waals surface area contributed by atoms with Crippen LogP contribution in [0.5, 0.6) is 0 Å². The smallest absolute Gasteiger partial charge is 0.362 e. The molecular weight excluding hydrogens is 1030 g/mol. The molecule has 18 heteroatoms. The summed E-state index contributed by atoms with van der Waals surface area (Å²) in [6, 6.07) is 0. The second-order valence-electron chi connectivity index (χ2n) is 22.1. The zero-order chi connectivity index (χ0) is 56.0. The molecule has 0 aliphatic rings. The number of aliphatic hydroxyl groups is 2. The normalized spacial score (nSPS) is 13.2. The van der Waals surface area contributed by atoms with Gasteiger partial charge in [-0.25, -0.2) is 9.59 Å². The number of carbonyl (C=O) groups is 6. The van der Waals surface area contributed by atoms with Crippen molar-refractivity contribution in [2.24, 2.45) is 0 Å². The zero-order valence-electron chi connectivity index (χ0n) is 49.4. The fraction of sp³-hybridized carbons (Fsp3) is 0.831. The van der Waals surface area contributed by atoms with Crippen LogP contribution in [0.3, 0.4) is 0 Å². The maximum absolute atomic E-state index is 13.1. The van der Waals surface area contributed by atoms with E-state index in [1.807, 2.05) is 46.4 Å². The van der Waals surface area contributed by atoms with Crippen molar-refractivity contribution in [3.05, 3.63) is 24.3 Å². The van der Waals surface area contributed by atoms with Gasteiger partial charge in [0.2, 0.25) is 11.8 Å². The lowest BCUT2D eigenvalue weighted by atomic mass is 10.0. The molecule has 0 aliphatic carbocycles. The number of aliphatic hydroxyl groups excluding tert-OH is 2. The Bertz CT molecular complexity index is 1580. The van der Waals surface area contributed by atoms with Gasteiger partial charge < -0.3 is 73.6 Å². The quantitative estimate of drug-likeness (QED) is 0.0171. The van der Waals surface area contributed by atoms with Crippen LogP contribution in [0, 0.1) is 0 Å². The Morgan fingerprint density at radius 2 is 0.896 bits per heavy atom. The van der Waals surface area contributed by atoms with Gasteiger partial charge in [0.1, 0.15) is 45.2 Å². The van der Waals surface area contributed by atoms with Crippen LogP contribution in [0.15, 0.2) is 24.3 Å². The standard InChI is InChI=1S/C59H108N4O12.2ClH/c1-9-11-13-14-15-16-23-28-34-40-55(60-56(68)41-35-29-24-19-17-21-26-32-37-52(66)49-74-58(70)47-62(5,6)43-45-72-50(3)64)61-57(69)42-36-30-25-20-18-22-27-33-38-53(67)54(39-31-12-10-2)75-59(71)48-63(7,8)44-46-73-51(4)65;;/h26-27,32-33,52-55,66-67H,9-25,28-31,34-49H2,1-8H3;2*1H. The lowest BCUT2D eigenvalue weighted by molar-refractivity contribution is -0.883. The minimum absolute atomic E-state index is 0. The van der Waals surface area contributed by atoms with Crippen LogP contribution < -0.4 is 35.4 Å². The molecule has 16 nitrogen and oxygen atoms in total. The first-order chi connectivity index (χ1) is 35.8. The maximum Gasteiger partial charge on any atom is 0.362 e. The molecule has 0 saturated heterocycles. The second-order valence-corrected chi connectivity index (χ2v) is 22.1. The number of allylic oxidation sites excluding steroid dienone is 2. The molecule has 4 unspecified atom stereocenters. The first kappa shape index (κ1) is 77.9. The number of nitrogens with one attached hydrogen (secondary N) is 2. The molecule has 0 rings (SSSR count). The van der Waals surface area contributed by atoms with E-state index < -0.39 is 24.3 Å². The van der Waals surface area contributed by atoms with E-state index in [2.05, 4.69) is 30.6 Å². The molecule has 0 bridgehead atoms. The summed E-state index contributed by atoms with van der Waals surface area (Å²) >= 11 is 0. The van der Waals surface area contributed by atoms with E-state index in [9.17, 15) is 39.0 Å². The lowest BCUT2D eigenvalue weighted by Crippen LogP contribution is -3.00. The molecule has 0 heterocycles. The molecule has 77 heavy (non-hydrogen) atoms. The Kier molecular flexibility index (Phi) is 51.5. The number of ether oxygens (including phenoxy) is 4. The van der Waals surface area contributed by atoms with Gasteiger partial charge in [0.25, 0.3) is 0 Å². The number of unbranched alkanes of at least 4 members (excludes halogenated alkanes) is 20. The Morgan fingerprint density at radius 1 is 0.494 bits per heavy atom. The van der Waals surface area contributed by atoms with Crippen LogP contribution in [0.2, 0.25) is 0 Å². The predicted octanol–water partition coefficient (Wildman–Crippen LogP) is 3.86. The third kappa shape index (κ3) is 51.9. The predicted molar refractivity (Wildman–Crippen MR) is 298 cm³/mol. The van der Waals surface area contributed by atoms with Gasteiger partial charge >= 0.3 is 23.9 Å². The van der Waals surface area contributed by atoms with Crippen molar-refractivity contribution in [3.63, 3.8) is 0 Å². The number of esters is 4. The van der Waals surface area contributed by atoms with E-state index in [4.69, 9.17) is 18.9 Å². The number of hydrogen-bond donors (Lipinski definition) is 4. The van der Waals surface area contributed by atoms with Gasteiger partial charge in [0.15, 0.2) is 13.1 Å². The van der Waals surface area contributed by atoms with Crippen LogP contribution in [-0.2, 0) is 47.7 Å². The van der Waals surface area contributed by atoms with Crippen molar-refractivity contribution in [2.45, 2.75) is 245 Å². The number of carbonyl (C=O) groups excluding carboxylic acids is 6. The van der Waals surface area contributed by atoms with E-state index in [0.29, 0.717) is 54.2 Å². The summed E-state index contributed by atoms with van der Waals surface area (Å²) in [6.45, 7) is 8.62. The monoisotopic (exact) mass is 1140 g/mol. The van der Waals surface area contributed by atoms with E-state index in [0.717, 1.165) is 116 Å². The van der Waals surface area contributed by atoms with E-state index in [1.54, 1.807) is 0 Å². The highest BCUT2D eigenvalue weighted by molar-refractivity contribution is 5.79. The Balaban J connectivity index is -0.0000274. The van der Waals surface area contributed by atoms with E-state index >= 15 is 0 Å². The molecule has 452 valence electrons. The number of hydrogen-bond acceptors (Lipinski definition) is 12. The molecular formula is C59H110Cl2N4O12. The molecule has 2 amide bonds. The van der Waals surface area contributed by atoms with Gasteiger partial charge in [-0.05, 0) is 77.0 Å².